The summed E-state index contributed by atoms with van der Waals surface area (Å²) in [4.78, 5) is 4.82. The molecule has 2 N–H and O–H groups in total. The van der Waals surface area contributed by atoms with Crippen LogP contribution in [0.25, 0.3) is 0 Å². The predicted octanol–water partition coefficient (Wildman–Crippen LogP) is 1.96. The van der Waals surface area contributed by atoms with Crippen LogP contribution >= 0.6 is 0 Å². The average molecular weight is 372 g/mol. The van der Waals surface area contributed by atoms with Crippen LogP contribution in [0.4, 0.5) is 4.39 Å². The molecule has 0 amide bonds. The van der Waals surface area contributed by atoms with Crippen molar-refractivity contribution in [2.24, 2.45) is 5.73 Å². The molecule has 2 aliphatic rings. The van der Waals surface area contributed by atoms with Gasteiger partial charge in [-0.05, 0) is 37.5 Å². The van der Waals surface area contributed by atoms with Crippen LogP contribution in [0.1, 0.15) is 42.9 Å². The normalized spacial score (nSPS) is 24.1. The van der Waals surface area contributed by atoms with Gasteiger partial charge in [-0.3, -0.25) is 9.80 Å². The zero-order valence-corrected chi connectivity index (χ0v) is 16.0. The van der Waals surface area contributed by atoms with E-state index in [2.05, 4.69) is 31.5 Å². The van der Waals surface area contributed by atoms with Gasteiger partial charge in [0, 0.05) is 51.2 Å². The molecule has 1 aliphatic heterocycles. The molecular weight excluding hydrogens is 343 g/mol. The number of halogens is 1. The fourth-order valence-electron chi connectivity index (χ4n) is 4.18. The first kappa shape index (κ1) is 18.5. The number of piperazine rings is 1. The van der Waals surface area contributed by atoms with Crippen LogP contribution in [0.2, 0.25) is 0 Å². The summed E-state index contributed by atoms with van der Waals surface area (Å²) in [5, 5.41) is 8.95. The van der Waals surface area contributed by atoms with E-state index in [4.69, 9.17) is 5.73 Å². The Kier molecular flexibility index (Phi) is 5.52. The van der Waals surface area contributed by atoms with Gasteiger partial charge in [0.05, 0.1) is 6.54 Å². The topological polar surface area (TPSA) is 63.2 Å². The molecule has 1 saturated heterocycles. The lowest BCUT2D eigenvalue weighted by atomic mass is 9.80. The Bertz CT molecular complexity index is 762. The van der Waals surface area contributed by atoms with E-state index in [1.807, 2.05) is 6.07 Å². The molecule has 1 aromatic carbocycles. The molecule has 2 heterocycles. The summed E-state index contributed by atoms with van der Waals surface area (Å²) >= 11 is 0. The number of hydrogen-bond acceptors (Lipinski definition) is 5. The SMILES string of the molecule is CCn1c(CN2CCN(Cc3cccc(F)c3)CC2)nnc1C1CC(N)C1. The van der Waals surface area contributed by atoms with Crippen LogP contribution < -0.4 is 5.73 Å². The minimum absolute atomic E-state index is 0.159. The van der Waals surface area contributed by atoms with E-state index in [-0.39, 0.29) is 5.82 Å². The molecule has 7 heteroatoms. The van der Waals surface area contributed by atoms with Gasteiger partial charge in [-0.1, -0.05) is 12.1 Å². The van der Waals surface area contributed by atoms with Crippen molar-refractivity contribution in [1.82, 2.24) is 24.6 Å². The van der Waals surface area contributed by atoms with Crippen molar-refractivity contribution in [2.75, 3.05) is 26.2 Å². The van der Waals surface area contributed by atoms with Crippen LogP contribution in [0.15, 0.2) is 24.3 Å². The third-order valence-corrected chi connectivity index (χ3v) is 5.84. The fraction of sp³-hybridized carbons (Fsp3) is 0.600. The van der Waals surface area contributed by atoms with E-state index in [1.165, 1.54) is 6.07 Å². The van der Waals surface area contributed by atoms with Crippen molar-refractivity contribution in [3.05, 3.63) is 47.3 Å². The molecule has 1 aromatic heterocycles. The highest BCUT2D eigenvalue weighted by atomic mass is 19.1. The maximum absolute atomic E-state index is 13.4. The van der Waals surface area contributed by atoms with Gasteiger partial charge in [-0.15, -0.1) is 10.2 Å². The molecule has 2 fully saturated rings. The lowest BCUT2D eigenvalue weighted by molar-refractivity contribution is 0.118. The van der Waals surface area contributed by atoms with E-state index < -0.39 is 0 Å². The van der Waals surface area contributed by atoms with Crippen LogP contribution in [0, 0.1) is 5.82 Å². The largest absolute Gasteiger partial charge is 0.328 e. The van der Waals surface area contributed by atoms with Gasteiger partial charge in [0.25, 0.3) is 0 Å². The van der Waals surface area contributed by atoms with Gasteiger partial charge in [-0.2, -0.15) is 0 Å². The van der Waals surface area contributed by atoms with Crippen LogP contribution in [0.5, 0.6) is 0 Å². The first-order valence-corrected chi connectivity index (χ1v) is 9.99. The van der Waals surface area contributed by atoms with Crippen molar-refractivity contribution >= 4 is 0 Å². The van der Waals surface area contributed by atoms with Crippen molar-refractivity contribution in [2.45, 2.75) is 51.4 Å². The molecule has 1 saturated carbocycles. The highest BCUT2D eigenvalue weighted by molar-refractivity contribution is 5.16. The van der Waals surface area contributed by atoms with Gasteiger partial charge in [0.15, 0.2) is 0 Å². The van der Waals surface area contributed by atoms with E-state index in [1.54, 1.807) is 12.1 Å². The monoisotopic (exact) mass is 372 g/mol. The Balaban J connectivity index is 1.31. The smallest absolute Gasteiger partial charge is 0.147 e. The molecule has 0 unspecified atom stereocenters. The second-order valence-corrected chi connectivity index (χ2v) is 7.83. The summed E-state index contributed by atoms with van der Waals surface area (Å²) in [6.07, 6.45) is 2.05. The second kappa shape index (κ2) is 8.04. The van der Waals surface area contributed by atoms with Crippen molar-refractivity contribution in [1.29, 1.82) is 0 Å². The van der Waals surface area contributed by atoms with Crippen molar-refractivity contribution < 1.29 is 4.39 Å². The zero-order chi connectivity index (χ0) is 18.8. The lowest BCUT2D eigenvalue weighted by Crippen LogP contribution is -2.45. The van der Waals surface area contributed by atoms with E-state index in [0.717, 1.165) is 75.9 Å². The number of rotatable bonds is 6. The zero-order valence-electron chi connectivity index (χ0n) is 16.0. The lowest BCUT2D eigenvalue weighted by Gasteiger charge is -2.34. The number of aromatic nitrogens is 3. The Hall–Kier alpha value is -1.83. The predicted molar refractivity (Wildman–Crippen MR) is 103 cm³/mol. The maximum atomic E-state index is 13.4. The Morgan fingerprint density at radius 2 is 1.78 bits per heavy atom. The second-order valence-electron chi connectivity index (χ2n) is 7.83. The van der Waals surface area contributed by atoms with Crippen molar-refractivity contribution in [3.63, 3.8) is 0 Å². The fourth-order valence-corrected chi connectivity index (χ4v) is 4.18. The van der Waals surface area contributed by atoms with E-state index >= 15 is 0 Å². The Morgan fingerprint density at radius 3 is 2.41 bits per heavy atom. The van der Waals surface area contributed by atoms with Crippen LogP contribution in [0.3, 0.4) is 0 Å². The minimum Gasteiger partial charge on any atom is -0.328 e. The highest BCUT2D eigenvalue weighted by Crippen LogP contribution is 2.34. The molecule has 0 radical (unpaired) electrons. The molecule has 0 bridgehead atoms. The molecule has 1 aliphatic carbocycles. The van der Waals surface area contributed by atoms with Gasteiger partial charge in [0.1, 0.15) is 17.5 Å². The molecule has 6 nitrogen and oxygen atoms in total. The minimum atomic E-state index is -0.159. The molecule has 0 atom stereocenters. The van der Waals surface area contributed by atoms with Gasteiger partial charge in [-0.25, -0.2) is 4.39 Å². The standard InChI is InChI=1S/C20H29FN6/c1-2-27-19(23-24-20(27)16-11-18(22)12-16)14-26-8-6-25(7-9-26)13-15-4-3-5-17(21)10-15/h3-5,10,16,18H,2,6-9,11-14,22H2,1H3. The van der Waals surface area contributed by atoms with Crippen LogP contribution in [-0.2, 0) is 19.6 Å². The number of hydrogen-bond donors (Lipinski definition) is 1. The maximum Gasteiger partial charge on any atom is 0.147 e. The van der Waals surface area contributed by atoms with Gasteiger partial charge >= 0.3 is 0 Å². The molecular formula is C20H29FN6. The van der Waals surface area contributed by atoms with Gasteiger partial charge in [0.2, 0.25) is 0 Å². The summed E-state index contributed by atoms with van der Waals surface area (Å²) in [6, 6.07) is 7.23. The quantitative estimate of drug-likeness (QED) is 0.840. The van der Waals surface area contributed by atoms with Crippen molar-refractivity contribution in [3.8, 4) is 0 Å². The number of nitrogens with two attached hydrogens (primary N) is 1. The van der Waals surface area contributed by atoms with Crippen LogP contribution in [-0.4, -0.2) is 56.8 Å². The third kappa shape index (κ3) is 4.20. The third-order valence-electron chi connectivity index (χ3n) is 5.84. The summed E-state index contributed by atoms with van der Waals surface area (Å²) in [6.45, 7) is 8.68. The molecule has 0 spiro atoms. The Morgan fingerprint density at radius 1 is 1.07 bits per heavy atom. The Labute approximate surface area is 160 Å². The summed E-state index contributed by atoms with van der Waals surface area (Å²) in [7, 11) is 0. The summed E-state index contributed by atoms with van der Waals surface area (Å²) < 4.78 is 15.6. The number of nitrogens with zero attached hydrogens (tertiary/aromatic N) is 5. The van der Waals surface area contributed by atoms with E-state index in [0.29, 0.717) is 12.0 Å². The van der Waals surface area contributed by atoms with Gasteiger partial charge < -0.3 is 10.3 Å². The van der Waals surface area contributed by atoms with E-state index in [9.17, 15) is 4.39 Å². The first-order chi connectivity index (χ1) is 13.1. The molecule has 27 heavy (non-hydrogen) atoms. The average Bonchev–Trinajstić information content (AvgIpc) is 3.03. The highest BCUT2D eigenvalue weighted by Gasteiger charge is 2.32. The molecule has 4 rings (SSSR count). The summed E-state index contributed by atoms with van der Waals surface area (Å²) in [5.74, 6) is 2.49. The number of benzene rings is 1. The summed E-state index contributed by atoms with van der Waals surface area (Å²) in [5.41, 5.74) is 6.98. The first-order valence-electron chi connectivity index (χ1n) is 9.99. The molecule has 2 aromatic rings. The molecule has 146 valence electrons.